The lowest BCUT2D eigenvalue weighted by Crippen LogP contribution is -2.10. The van der Waals surface area contributed by atoms with E-state index < -0.39 is 11.9 Å². The van der Waals surface area contributed by atoms with E-state index in [4.69, 9.17) is 5.73 Å². The fourth-order valence-electron chi connectivity index (χ4n) is 2.76. The summed E-state index contributed by atoms with van der Waals surface area (Å²) in [7, 11) is 1.51. The smallest absolute Gasteiger partial charge is 0.330 e. The standard InChI is InChI=1S/C11H16F3N3/c1-10(2)7(4-15)8(10)6-5-17(3)16-9(6)11(12,13)14/h5,7-8H,4,15H2,1-3H3/t7-,8-/m0/s1. The van der Waals surface area contributed by atoms with Gasteiger partial charge < -0.3 is 5.73 Å². The number of rotatable bonds is 2. The maximum absolute atomic E-state index is 12.8. The lowest BCUT2D eigenvalue weighted by Gasteiger charge is -2.06. The zero-order valence-electron chi connectivity index (χ0n) is 10.0. The Morgan fingerprint density at radius 2 is 2.06 bits per heavy atom. The van der Waals surface area contributed by atoms with Gasteiger partial charge in [-0.15, -0.1) is 0 Å². The molecule has 1 aromatic rings. The maximum Gasteiger partial charge on any atom is 0.435 e. The molecular formula is C11H16F3N3. The van der Waals surface area contributed by atoms with Crippen LogP contribution in [0.3, 0.4) is 0 Å². The van der Waals surface area contributed by atoms with Crippen LogP contribution in [0.2, 0.25) is 0 Å². The number of nitrogens with zero attached hydrogens (tertiary/aromatic N) is 2. The third-order valence-electron chi connectivity index (χ3n) is 3.77. The number of nitrogens with two attached hydrogens (primary N) is 1. The van der Waals surface area contributed by atoms with Crippen LogP contribution in [0.5, 0.6) is 0 Å². The Balaban J connectivity index is 2.41. The molecule has 1 saturated carbocycles. The third kappa shape index (κ3) is 1.84. The first-order valence-electron chi connectivity index (χ1n) is 5.50. The van der Waals surface area contributed by atoms with E-state index in [1.54, 1.807) is 0 Å². The minimum atomic E-state index is -4.39. The average Bonchev–Trinajstić information content (AvgIpc) is 2.51. The van der Waals surface area contributed by atoms with Gasteiger partial charge in [-0.05, 0) is 23.8 Å². The van der Waals surface area contributed by atoms with Crippen LogP contribution in [0.4, 0.5) is 13.2 Å². The molecule has 17 heavy (non-hydrogen) atoms. The second kappa shape index (κ2) is 3.48. The summed E-state index contributed by atoms with van der Waals surface area (Å²) >= 11 is 0. The van der Waals surface area contributed by atoms with E-state index >= 15 is 0 Å². The minimum Gasteiger partial charge on any atom is -0.330 e. The highest BCUT2D eigenvalue weighted by Crippen LogP contribution is 2.64. The maximum atomic E-state index is 12.8. The van der Waals surface area contributed by atoms with E-state index in [0.29, 0.717) is 6.54 Å². The van der Waals surface area contributed by atoms with Gasteiger partial charge in [0.25, 0.3) is 0 Å². The van der Waals surface area contributed by atoms with E-state index in [2.05, 4.69) is 5.10 Å². The number of alkyl halides is 3. The quantitative estimate of drug-likeness (QED) is 0.870. The van der Waals surface area contributed by atoms with Crippen LogP contribution in [0.25, 0.3) is 0 Å². The van der Waals surface area contributed by atoms with Crippen LogP contribution in [0, 0.1) is 11.3 Å². The summed E-state index contributed by atoms with van der Waals surface area (Å²) in [6, 6.07) is 0. The Morgan fingerprint density at radius 3 is 2.47 bits per heavy atom. The number of hydrogen-bond donors (Lipinski definition) is 1. The van der Waals surface area contributed by atoms with E-state index in [0.717, 1.165) is 0 Å². The van der Waals surface area contributed by atoms with Crippen molar-refractivity contribution in [3.63, 3.8) is 0 Å². The average molecular weight is 247 g/mol. The molecule has 2 N–H and O–H groups in total. The topological polar surface area (TPSA) is 43.8 Å². The largest absolute Gasteiger partial charge is 0.435 e. The van der Waals surface area contributed by atoms with Crippen LogP contribution in [-0.4, -0.2) is 16.3 Å². The summed E-state index contributed by atoms with van der Waals surface area (Å²) in [4.78, 5) is 0. The second-order valence-electron chi connectivity index (χ2n) is 5.25. The van der Waals surface area contributed by atoms with Gasteiger partial charge in [0.05, 0.1) is 0 Å². The van der Waals surface area contributed by atoms with Crippen LogP contribution in [-0.2, 0) is 13.2 Å². The summed E-state index contributed by atoms with van der Waals surface area (Å²) < 4.78 is 39.7. The van der Waals surface area contributed by atoms with Gasteiger partial charge in [-0.2, -0.15) is 18.3 Å². The van der Waals surface area contributed by atoms with Gasteiger partial charge in [-0.1, -0.05) is 13.8 Å². The van der Waals surface area contributed by atoms with Crippen molar-refractivity contribution in [2.24, 2.45) is 24.1 Å². The van der Waals surface area contributed by atoms with Gasteiger partial charge in [0, 0.05) is 18.8 Å². The van der Waals surface area contributed by atoms with E-state index in [1.165, 1.54) is 17.9 Å². The Hall–Kier alpha value is -1.04. The van der Waals surface area contributed by atoms with Crippen molar-refractivity contribution >= 4 is 0 Å². The van der Waals surface area contributed by atoms with Crippen molar-refractivity contribution < 1.29 is 13.2 Å². The van der Waals surface area contributed by atoms with Gasteiger partial charge in [-0.3, -0.25) is 4.68 Å². The molecule has 1 heterocycles. The summed E-state index contributed by atoms with van der Waals surface area (Å²) in [6.45, 7) is 4.30. The summed E-state index contributed by atoms with van der Waals surface area (Å²) in [6.07, 6.45) is -2.93. The molecule has 6 heteroatoms. The monoisotopic (exact) mass is 247 g/mol. The second-order valence-corrected chi connectivity index (χ2v) is 5.25. The first kappa shape index (κ1) is 12.4. The molecule has 0 aromatic carbocycles. The SMILES string of the molecule is Cn1cc([C@H]2[C@H](CN)C2(C)C)c(C(F)(F)F)n1. The molecule has 0 amide bonds. The van der Waals surface area contributed by atoms with Crippen molar-refractivity contribution in [3.8, 4) is 0 Å². The number of aryl methyl sites for hydroxylation is 1. The predicted molar refractivity (Wildman–Crippen MR) is 57.3 cm³/mol. The van der Waals surface area contributed by atoms with Gasteiger partial charge >= 0.3 is 6.18 Å². The molecular weight excluding hydrogens is 231 g/mol. The summed E-state index contributed by atoms with van der Waals surface area (Å²) in [5.74, 6) is -0.0365. The van der Waals surface area contributed by atoms with Crippen LogP contribution in [0.15, 0.2) is 6.20 Å². The summed E-state index contributed by atoms with van der Waals surface area (Å²) in [5.41, 5.74) is 4.93. The lowest BCUT2D eigenvalue weighted by atomic mass is 10.0. The van der Waals surface area contributed by atoms with Crippen LogP contribution in [0.1, 0.15) is 31.0 Å². The van der Waals surface area contributed by atoms with Crippen molar-refractivity contribution in [3.05, 3.63) is 17.5 Å². The molecule has 1 fully saturated rings. The Kier molecular flexibility index (Phi) is 2.54. The number of hydrogen-bond acceptors (Lipinski definition) is 2. The molecule has 0 unspecified atom stereocenters. The Morgan fingerprint density at radius 1 is 1.47 bits per heavy atom. The van der Waals surface area contributed by atoms with E-state index in [-0.39, 0.29) is 22.8 Å². The molecule has 2 atom stereocenters. The third-order valence-corrected chi connectivity index (χ3v) is 3.77. The molecule has 0 bridgehead atoms. The predicted octanol–water partition coefficient (Wildman–Crippen LogP) is 2.14. The lowest BCUT2D eigenvalue weighted by molar-refractivity contribution is -0.142. The van der Waals surface area contributed by atoms with Crippen molar-refractivity contribution in [1.29, 1.82) is 0 Å². The van der Waals surface area contributed by atoms with Gasteiger partial charge in [0.15, 0.2) is 5.69 Å². The van der Waals surface area contributed by atoms with Crippen molar-refractivity contribution in [2.45, 2.75) is 25.9 Å². The minimum absolute atomic E-state index is 0.104. The van der Waals surface area contributed by atoms with Crippen molar-refractivity contribution in [1.82, 2.24) is 9.78 Å². The first-order chi connectivity index (χ1) is 7.69. The molecule has 1 aliphatic carbocycles. The molecule has 3 nitrogen and oxygen atoms in total. The molecule has 0 spiro atoms. The van der Waals surface area contributed by atoms with Gasteiger partial charge in [-0.25, -0.2) is 0 Å². The Bertz CT molecular complexity index is 434. The highest BCUT2D eigenvalue weighted by molar-refractivity contribution is 5.35. The number of halogens is 3. The highest BCUT2D eigenvalue weighted by atomic mass is 19.4. The first-order valence-corrected chi connectivity index (χ1v) is 5.50. The molecule has 2 rings (SSSR count). The summed E-state index contributed by atoms with van der Waals surface area (Å²) in [5, 5.41) is 3.53. The van der Waals surface area contributed by atoms with Crippen molar-refractivity contribution in [2.75, 3.05) is 6.54 Å². The van der Waals surface area contributed by atoms with Crippen LogP contribution >= 0.6 is 0 Å². The normalized spacial score (nSPS) is 27.2. The molecule has 0 aliphatic heterocycles. The van der Waals surface area contributed by atoms with E-state index in [9.17, 15) is 13.2 Å². The molecule has 0 saturated heterocycles. The van der Waals surface area contributed by atoms with Gasteiger partial charge in [0.1, 0.15) is 0 Å². The van der Waals surface area contributed by atoms with E-state index in [1.807, 2.05) is 13.8 Å². The molecule has 0 radical (unpaired) electrons. The number of aromatic nitrogens is 2. The van der Waals surface area contributed by atoms with Crippen LogP contribution < -0.4 is 5.73 Å². The highest BCUT2D eigenvalue weighted by Gasteiger charge is 2.60. The molecule has 96 valence electrons. The van der Waals surface area contributed by atoms with Gasteiger partial charge in [0.2, 0.25) is 0 Å². The zero-order valence-corrected chi connectivity index (χ0v) is 10.0. The molecule has 1 aliphatic rings. The molecule has 1 aromatic heterocycles. The fraction of sp³-hybridized carbons (Fsp3) is 0.727. The zero-order chi connectivity index (χ0) is 13.0. The fourth-order valence-corrected chi connectivity index (χ4v) is 2.76. The Labute approximate surface area is 97.8 Å².